The van der Waals surface area contributed by atoms with Crippen molar-refractivity contribution in [2.24, 2.45) is 0 Å². The van der Waals surface area contributed by atoms with Crippen molar-refractivity contribution >= 4 is 22.9 Å². The van der Waals surface area contributed by atoms with Gasteiger partial charge in [-0.2, -0.15) is 0 Å². The molecule has 1 N–H and O–H groups in total. The van der Waals surface area contributed by atoms with Crippen molar-refractivity contribution in [3.8, 4) is 0 Å². The first-order valence-corrected chi connectivity index (χ1v) is 6.68. The Kier molecular flexibility index (Phi) is 3.24. The highest BCUT2D eigenvalue weighted by Crippen LogP contribution is 2.20. The molecule has 0 saturated heterocycles. The molecular weight excluding hydrogens is 260 g/mol. The summed E-state index contributed by atoms with van der Waals surface area (Å²) in [6, 6.07) is 10.1. The highest BCUT2D eigenvalue weighted by Gasteiger charge is 2.05. The van der Waals surface area contributed by atoms with Crippen LogP contribution >= 0.6 is 11.8 Å². The van der Waals surface area contributed by atoms with Crippen molar-refractivity contribution in [2.75, 3.05) is 0 Å². The van der Waals surface area contributed by atoms with E-state index in [0.29, 0.717) is 5.65 Å². The molecule has 0 radical (unpaired) electrons. The zero-order valence-corrected chi connectivity index (χ0v) is 10.7. The summed E-state index contributed by atoms with van der Waals surface area (Å²) >= 11 is 1.54. The summed E-state index contributed by atoms with van der Waals surface area (Å²) in [7, 11) is 0. The van der Waals surface area contributed by atoms with E-state index in [0.717, 1.165) is 10.8 Å². The maximum Gasteiger partial charge on any atom is 0.278 e. The number of aromatic amines is 1. The Morgan fingerprint density at radius 2 is 2.00 bits per heavy atom. The summed E-state index contributed by atoms with van der Waals surface area (Å²) < 4.78 is 0. The summed E-state index contributed by atoms with van der Waals surface area (Å²) in [5.74, 6) is 0.791. The standard InChI is InChI=1S/C13H10N4OS/c18-13-11-12(15-8-16-13)14-6-10(17-11)19-7-9-4-2-1-3-5-9/h1-6,8H,7H2,(H,14,15,16,18). The smallest absolute Gasteiger partial charge is 0.278 e. The number of nitrogens with zero attached hydrogens (tertiary/aromatic N) is 3. The number of benzene rings is 1. The second-order valence-electron chi connectivity index (χ2n) is 3.89. The van der Waals surface area contributed by atoms with Crippen molar-refractivity contribution < 1.29 is 0 Å². The first kappa shape index (κ1) is 11.9. The molecule has 19 heavy (non-hydrogen) atoms. The predicted molar refractivity (Wildman–Crippen MR) is 74.0 cm³/mol. The molecule has 2 aromatic heterocycles. The van der Waals surface area contributed by atoms with Crippen LogP contribution in [0.25, 0.3) is 11.2 Å². The second-order valence-corrected chi connectivity index (χ2v) is 4.88. The predicted octanol–water partition coefficient (Wildman–Crippen LogP) is 2.01. The number of H-pyrrole nitrogens is 1. The van der Waals surface area contributed by atoms with Crippen molar-refractivity contribution in [1.29, 1.82) is 0 Å². The third-order valence-electron chi connectivity index (χ3n) is 2.56. The molecule has 5 nitrogen and oxygen atoms in total. The lowest BCUT2D eigenvalue weighted by Gasteiger charge is -2.01. The van der Waals surface area contributed by atoms with Gasteiger partial charge in [0, 0.05) is 5.75 Å². The zero-order valence-electron chi connectivity index (χ0n) is 9.91. The fraction of sp³-hybridized carbons (Fsp3) is 0.0769. The minimum atomic E-state index is -0.264. The number of nitrogens with one attached hydrogen (secondary N) is 1. The quantitative estimate of drug-likeness (QED) is 0.737. The first-order valence-electron chi connectivity index (χ1n) is 5.70. The van der Waals surface area contributed by atoms with Gasteiger partial charge >= 0.3 is 0 Å². The Bertz CT molecular complexity index is 757. The maximum atomic E-state index is 11.6. The summed E-state index contributed by atoms with van der Waals surface area (Å²) in [6.07, 6.45) is 2.97. The SMILES string of the molecule is O=c1[nH]cnc2ncc(SCc3ccccc3)nc12. The van der Waals surface area contributed by atoms with Gasteiger partial charge in [0.15, 0.2) is 11.2 Å². The Morgan fingerprint density at radius 1 is 1.16 bits per heavy atom. The van der Waals surface area contributed by atoms with Crippen molar-refractivity contribution in [3.63, 3.8) is 0 Å². The number of rotatable bonds is 3. The van der Waals surface area contributed by atoms with Crippen LogP contribution in [0.1, 0.15) is 5.56 Å². The van der Waals surface area contributed by atoms with Crippen LogP contribution in [0.4, 0.5) is 0 Å². The van der Waals surface area contributed by atoms with E-state index >= 15 is 0 Å². The number of hydrogen-bond donors (Lipinski definition) is 1. The van der Waals surface area contributed by atoms with Gasteiger partial charge in [-0.1, -0.05) is 30.3 Å². The van der Waals surface area contributed by atoms with Crippen LogP contribution in [0, 0.1) is 0 Å². The lowest BCUT2D eigenvalue weighted by molar-refractivity contribution is 1.05. The van der Waals surface area contributed by atoms with Crippen LogP contribution in [0.3, 0.4) is 0 Å². The Labute approximate surface area is 113 Å². The van der Waals surface area contributed by atoms with E-state index in [1.165, 1.54) is 11.9 Å². The minimum Gasteiger partial charge on any atom is -0.311 e. The zero-order chi connectivity index (χ0) is 13.1. The molecule has 2 heterocycles. The fourth-order valence-corrected chi connectivity index (χ4v) is 2.42. The molecule has 94 valence electrons. The van der Waals surface area contributed by atoms with Crippen LogP contribution in [-0.4, -0.2) is 19.9 Å². The van der Waals surface area contributed by atoms with Crippen LogP contribution in [0.5, 0.6) is 0 Å². The van der Waals surface area contributed by atoms with Gasteiger partial charge in [-0.05, 0) is 5.56 Å². The van der Waals surface area contributed by atoms with Gasteiger partial charge in [0.1, 0.15) is 5.03 Å². The third-order valence-corrected chi connectivity index (χ3v) is 3.53. The average molecular weight is 270 g/mol. The molecule has 0 amide bonds. The minimum absolute atomic E-state index is 0.264. The lowest BCUT2D eigenvalue weighted by atomic mass is 10.2. The van der Waals surface area contributed by atoms with Crippen molar-refractivity contribution in [2.45, 2.75) is 10.8 Å². The van der Waals surface area contributed by atoms with E-state index in [1.807, 2.05) is 18.2 Å². The summed E-state index contributed by atoms with van der Waals surface area (Å²) in [5, 5.41) is 0.717. The topological polar surface area (TPSA) is 71.5 Å². The van der Waals surface area contributed by atoms with Crippen molar-refractivity contribution in [3.05, 3.63) is 58.8 Å². The summed E-state index contributed by atoms with van der Waals surface area (Å²) in [5.41, 5.74) is 1.59. The van der Waals surface area contributed by atoms with Gasteiger partial charge in [-0.25, -0.2) is 15.0 Å². The van der Waals surface area contributed by atoms with Gasteiger partial charge in [0.25, 0.3) is 5.56 Å². The molecule has 0 aliphatic carbocycles. The Hall–Kier alpha value is -2.21. The molecule has 0 unspecified atom stereocenters. The third kappa shape index (κ3) is 2.63. The molecule has 0 fully saturated rings. The molecule has 0 spiro atoms. The van der Waals surface area contributed by atoms with Crippen molar-refractivity contribution in [1.82, 2.24) is 19.9 Å². The normalized spacial score (nSPS) is 10.7. The molecule has 6 heteroatoms. The molecule has 3 rings (SSSR count). The van der Waals surface area contributed by atoms with E-state index in [4.69, 9.17) is 0 Å². The Balaban J connectivity index is 1.86. The molecular formula is C13H10N4OS. The number of fused-ring (bicyclic) bond motifs is 1. The molecule has 0 atom stereocenters. The molecule has 0 saturated carbocycles. The van der Waals surface area contributed by atoms with Gasteiger partial charge in [0.05, 0.1) is 12.5 Å². The van der Waals surface area contributed by atoms with E-state index in [1.54, 1.807) is 18.0 Å². The summed E-state index contributed by atoms with van der Waals surface area (Å²) in [6.45, 7) is 0. The van der Waals surface area contributed by atoms with E-state index in [9.17, 15) is 4.79 Å². The number of hydrogen-bond acceptors (Lipinski definition) is 5. The molecule has 0 aliphatic heterocycles. The van der Waals surface area contributed by atoms with E-state index in [2.05, 4.69) is 32.1 Å². The molecule has 3 aromatic rings. The second kappa shape index (κ2) is 5.19. The van der Waals surface area contributed by atoms with Crippen LogP contribution < -0.4 is 5.56 Å². The lowest BCUT2D eigenvalue weighted by Crippen LogP contribution is -2.09. The molecule has 1 aromatic carbocycles. The molecule has 0 aliphatic rings. The maximum absolute atomic E-state index is 11.6. The fourth-order valence-electron chi connectivity index (χ4n) is 1.63. The summed E-state index contributed by atoms with van der Waals surface area (Å²) in [4.78, 5) is 26.5. The molecule has 0 bridgehead atoms. The van der Waals surface area contributed by atoms with E-state index < -0.39 is 0 Å². The first-order chi connectivity index (χ1) is 9.33. The van der Waals surface area contributed by atoms with Gasteiger partial charge in [0.2, 0.25) is 0 Å². The van der Waals surface area contributed by atoms with Gasteiger partial charge in [-0.3, -0.25) is 4.79 Å². The average Bonchev–Trinajstić information content (AvgIpc) is 2.47. The van der Waals surface area contributed by atoms with Gasteiger partial charge in [-0.15, -0.1) is 11.8 Å². The number of thioether (sulfide) groups is 1. The Morgan fingerprint density at radius 3 is 2.84 bits per heavy atom. The van der Waals surface area contributed by atoms with Crippen LogP contribution in [0.2, 0.25) is 0 Å². The van der Waals surface area contributed by atoms with Crippen LogP contribution in [-0.2, 0) is 5.75 Å². The highest BCUT2D eigenvalue weighted by atomic mass is 32.2. The van der Waals surface area contributed by atoms with E-state index in [-0.39, 0.29) is 11.1 Å². The largest absolute Gasteiger partial charge is 0.311 e. The highest BCUT2D eigenvalue weighted by molar-refractivity contribution is 7.98. The number of aromatic nitrogens is 4. The van der Waals surface area contributed by atoms with Crippen LogP contribution in [0.15, 0.2) is 52.7 Å². The van der Waals surface area contributed by atoms with Gasteiger partial charge < -0.3 is 4.98 Å². The monoisotopic (exact) mass is 270 g/mol.